The lowest BCUT2D eigenvalue weighted by Crippen LogP contribution is -2.43. The van der Waals surface area contributed by atoms with Gasteiger partial charge in [-0.05, 0) is 78.4 Å². The van der Waals surface area contributed by atoms with Gasteiger partial charge < -0.3 is 20.1 Å². The number of halogens is 2. The monoisotopic (exact) mass is 686 g/mol. The fourth-order valence-corrected chi connectivity index (χ4v) is 5.72. The number of carboxylic acid groups (broad SMARTS) is 1. The van der Waals surface area contributed by atoms with Crippen LogP contribution in [0.5, 0.6) is 0 Å². The highest BCUT2D eigenvalue weighted by molar-refractivity contribution is 7.99. The summed E-state index contributed by atoms with van der Waals surface area (Å²) in [6, 6.07) is 10.7. The third kappa shape index (κ3) is 9.45. The van der Waals surface area contributed by atoms with Gasteiger partial charge in [0, 0.05) is 18.7 Å². The van der Waals surface area contributed by atoms with Crippen LogP contribution in [0.15, 0.2) is 41.6 Å². The van der Waals surface area contributed by atoms with Crippen LogP contribution in [0.2, 0.25) is 10.0 Å². The molecule has 0 radical (unpaired) electrons. The standard InChI is InChI=1S/C32H36Cl2N6O5S/c1-31(2,3)22-7-9-26(24(34)17-22)40-30(36-37-38-40)46-19-27(41)35-25-8-6-20(16-23(25)33)10-13-32(4,5)45-18-28(42)39-14-11-21(12-15-39)29(43)44/h6-9,16-17,21H,11-12,14-15,18-19H2,1-5H3,(H,35,41)(H,43,44). The highest BCUT2D eigenvalue weighted by atomic mass is 35.5. The molecule has 2 amide bonds. The smallest absolute Gasteiger partial charge is 0.306 e. The van der Waals surface area contributed by atoms with Crippen molar-refractivity contribution in [3.63, 3.8) is 0 Å². The van der Waals surface area contributed by atoms with E-state index in [4.69, 9.17) is 33.0 Å². The Morgan fingerprint density at radius 3 is 2.41 bits per heavy atom. The highest BCUT2D eigenvalue weighted by Crippen LogP contribution is 2.30. The van der Waals surface area contributed by atoms with Gasteiger partial charge in [-0.25, -0.2) is 0 Å². The predicted octanol–water partition coefficient (Wildman–Crippen LogP) is 5.47. The van der Waals surface area contributed by atoms with E-state index < -0.39 is 17.5 Å². The molecule has 1 aliphatic heterocycles. The number of tetrazole rings is 1. The maximum Gasteiger partial charge on any atom is 0.306 e. The Balaban J connectivity index is 1.29. The summed E-state index contributed by atoms with van der Waals surface area (Å²) in [5.41, 5.74) is 1.71. The summed E-state index contributed by atoms with van der Waals surface area (Å²) in [5, 5.41) is 25.0. The second kappa shape index (κ2) is 14.9. The van der Waals surface area contributed by atoms with Gasteiger partial charge >= 0.3 is 5.97 Å². The molecule has 244 valence electrons. The Morgan fingerprint density at radius 2 is 1.78 bits per heavy atom. The summed E-state index contributed by atoms with van der Waals surface area (Å²) in [5.74, 6) is 4.30. The molecule has 1 aromatic heterocycles. The summed E-state index contributed by atoms with van der Waals surface area (Å²) >= 11 is 14.2. The number of amides is 2. The number of carbonyl (C=O) groups excluding carboxylic acids is 2. The molecular formula is C32H36Cl2N6O5S. The second-order valence-corrected chi connectivity index (χ2v) is 14.1. The molecule has 2 N–H and O–H groups in total. The molecule has 1 saturated heterocycles. The van der Waals surface area contributed by atoms with Crippen LogP contribution >= 0.6 is 35.0 Å². The predicted molar refractivity (Wildman–Crippen MR) is 178 cm³/mol. The van der Waals surface area contributed by atoms with Crippen LogP contribution in [-0.4, -0.2) is 79.0 Å². The number of ether oxygens (including phenoxy) is 1. The first-order valence-electron chi connectivity index (χ1n) is 14.6. The molecule has 0 bridgehead atoms. The Morgan fingerprint density at radius 1 is 1.07 bits per heavy atom. The molecule has 3 aromatic rings. The molecule has 2 heterocycles. The van der Waals surface area contributed by atoms with Crippen LogP contribution < -0.4 is 5.32 Å². The number of nitrogens with one attached hydrogen (secondary N) is 1. The van der Waals surface area contributed by atoms with Crippen molar-refractivity contribution in [1.29, 1.82) is 0 Å². The molecule has 1 aliphatic rings. The lowest BCUT2D eigenvalue weighted by Gasteiger charge is -2.31. The van der Waals surface area contributed by atoms with Gasteiger partial charge in [0.1, 0.15) is 12.2 Å². The number of aromatic nitrogens is 4. The molecular weight excluding hydrogens is 651 g/mol. The van der Waals surface area contributed by atoms with Gasteiger partial charge in [0.2, 0.25) is 17.0 Å². The van der Waals surface area contributed by atoms with Crippen molar-refractivity contribution in [3.05, 3.63) is 57.6 Å². The number of hydrogen-bond acceptors (Lipinski definition) is 8. The summed E-state index contributed by atoms with van der Waals surface area (Å²) in [6.45, 7) is 10.4. The average molecular weight is 688 g/mol. The van der Waals surface area contributed by atoms with Crippen LogP contribution in [0.25, 0.3) is 5.69 Å². The fourth-order valence-electron chi connectivity index (χ4n) is 4.54. The Bertz CT molecular complexity index is 1670. The summed E-state index contributed by atoms with van der Waals surface area (Å²) in [4.78, 5) is 38.1. The fraction of sp³-hybridized carbons (Fsp3) is 0.438. The Kier molecular flexibility index (Phi) is 11.4. The molecule has 11 nitrogen and oxygen atoms in total. The number of benzene rings is 2. The zero-order valence-electron chi connectivity index (χ0n) is 26.3. The van der Waals surface area contributed by atoms with Crippen molar-refractivity contribution in [2.75, 3.05) is 30.8 Å². The summed E-state index contributed by atoms with van der Waals surface area (Å²) in [7, 11) is 0. The lowest BCUT2D eigenvalue weighted by molar-refractivity contribution is -0.148. The van der Waals surface area contributed by atoms with Crippen molar-refractivity contribution in [3.8, 4) is 17.5 Å². The largest absolute Gasteiger partial charge is 0.481 e. The van der Waals surface area contributed by atoms with Crippen molar-refractivity contribution in [2.24, 2.45) is 5.92 Å². The van der Waals surface area contributed by atoms with Crippen LogP contribution in [0.1, 0.15) is 58.6 Å². The van der Waals surface area contributed by atoms with Crippen molar-refractivity contribution < 1.29 is 24.2 Å². The van der Waals surface area contributed by atoms with Gasteiger partial charge in [-0.2, -0.15) is 4.68 Å². The molecule has 0 saturated carbocycles. The quantitative estimate of drug-likeness (QED) is 0.222. The van der Waals surface area contributed by atoms with Crippen molar-refractivity contribution in [2.45, 2.75) is 63.6 Å². The van der Waals surface area contributed by atoms with E-state index in [1.165, 1.54) is 4.68 Å². The van der Waals surface area contributed by atoms with Crippen LogP contribution in [0.3, 0.4) is 0 Å². The SMILES string of the molecule is CC(C)(C#Cc1ccc(NC(=O)CSc2nnnn2-c2ccc(C(C)(C)C)cc2Cl)c(Cl)c1)OCC(=O)N1CCC(C(=O)O)CC1. The number of carbonyl (C=O) groups is 3. The third-order valence-corrected chi connectivity index (χ3v) is 8.85. The van der Waals surface area contributed by atoms with Gasteiger partial charge in [-0.1, -0.05) is 73.6 Å². The van der Waals surface area contributed by atoms with E-state index in [1.54, 1.807) is 36.9 Å². The second-order valence-electron chi connectivity index (χ2n) is 12.4. The first-order chi connectivity index (χ1) is 21.6. The van der Waals surface area contributed by atoms with Crippen LogP contribution in [0, 0.1) is 17.8 Å². The van der Waals surface area contributed by atoms with Crippen LogP contribution in [0.4, 0.5) is 5.69 Å². The molecule has 0 unspecified atom stereocenters. The van der Waals surface area contributed by atoms with Crippen LogP contribution in [-0.2, 0) is 24.5 Å². The van der Waals surface area contributed by atoms with E-state index in [0.29, 0.717) is 58.1 Å². The minimum absolute atomic E-state index is 0.0256. The molecule has 0 spiro atoms. The number of carboxylic acids is 1. The first-order valence-corrected chi connectivity index (χ1v) is 16.4. The zero-order valence-corrected chi connectivity index (χ0v) is 28.6. The van der Waals surface area contributed by atoms with Gasteiger partial charge in [0.15, 0.2) is 0 Å². The minimum Gasteiger partial charge on any atom is -0.481 e. The molecule has 1 fully saturated rings. The summed E-state index contributed by atoms with van der Waals surface area (Å²) in [6.07, 6.45) is 0.867. The molecule has 2 aromatic carbocycles. The van der Waals surface area contributed by atoms with E-state index in [9.17, 15) is 14.4 Å². The molecule has 46 heavy (non-hydrogen) atoms. The summed E-state index contributed by atoms with van der Waals surface area (Å²) < 4.78 is 7.27. The number of piperidine rings is 1. The molecule has 14 heteroatoms. The minimum atomic E-state index is -0.931. The molecule has 0 atom stereocenters. The topological polar surface area (TPSA) is 140 Å². The van der Waals surface area contributed by atoms with E-state index >= 15 is 0 Å². The number of rotatable bonds is 9. The number of anilines is 1. The maximum absolute atomic E-state index is 12.8. The van der Waals surface area contributed by atoms with Gasteiger partial charge in [-0.3, -0.25) is 14.4 Å². The van der Waals surface area contributed by atoms with Crippen molar-refractivity contribution >= 4 is 58.4 Å². The Labute approximate surface area is 282 Å². The van der Waals surface area contributed by atoms with E-state index in [2.05, 4.69) is 53.5 Å². The number of likely N-dealkylation sites (tertiary alicyclic amines) is 1. The number of nitrogens with zero attached hydrogens (tertiary/aromatic N) is 5. The number of thioether (sulfide) groups is 1. The van der Waals surface area contributed by atoms with Crippen molar-refractivity contribution in [1.82, 2.24) is 25.1 Å². The van der Waals surface area contributed by atoms with Gasteiger partial charge in [0.05, 0.1) is 33.1 Å². The number of aliphatic carboxylic acids is 1. The van der Waals surface area contributed by atoms with Gasteiger partial charge in [0.25, 0.3) is 0 Å². The molecule has 0 aliphatic carbocycles. The van der Waals surface area contributed by atoms with Gasteiger partial charge in [-0.15, -0.1) is 5.10 Å². The lowest BCUT2D eigenvalue weighted by atomic mass is 9.87. The first kappa shape index (κ1) is 35.2. The zero-order chi connectivity index (χ0) is 33.6. The average Bonchev–Trinajstić information content (AvgIpc) is 3.47. The normalized spacial score (nSPS) is 14.0. The van der Waals surface area contributed by atoms with E-state index in [0.717, 1.165) is 17.3 Å². The van der Waals surface area contributed by atoms with E-state index in [1.807, 2.05) is 18.2 Å². The number of hydrogen-bond donors (Lipinski definition) is 2. The third-order valence-electron chi connectivity index (χ3n) is 7.32. The molecule has 4 rings (SSSR count). The Hall–Kier alpha value is -3.63. The van der Waals surface area contributed by atoms with E-state index in [-0.39, 0.29) is 29.6 Å². The highest BCUT2D eigenvalue weighted by Gasteiger charge is 2.28. The maximum atomic E-state index is 12.8.